The molecule has 0 saturated carbocycles. The Morgan fingerprint density at radius 3 is 2.34 bits per heavy atom. The molecule has 2 N–H and O–H groups in total. The molecule has 0 fully saturated rings. The standard InChI is InChI=1S/C34H28N4/c1-18(2)34-37-30-15-14-25-23-11-8-20(16-22(23)10-13-27(25)31(30)38-34)21-9-12-28-29(17-21)24-6-4-5-7-26(24)32-33(28)36-19(3)35-32/h4-9,11-12,14-18H,10,13H2,1-3H3,(H,35,36)(H,37,38). The molecule has 7 aromatic rings. The van der Waals surface area contributed by atoms with Crippen molar-refractivity contribution in [1.29, 1.82) is 0 Å². The second kappa shape index (κ2) is 7.78. The van der Waals surface area contributed by atoms with Crippen LogP contribution in [0.15, 0.2) is 72.8 Å². The Balaban J connectivity index is 1.28. The molecule has 0 amide bonds. The Kier molecular flexibility index (Phi) is 4.43. The Hall–Kier alpha value is -4.44. The molecule has 0 bridgehead atoms. The molecule has 0 radical (unpaired) electrons. The van der Waals surface area contributed by atoms with Crippen molar-refractivity contribution in [3.63, 3.8) is 0 Å². The monoisotopic (exact) mass is 492 g/mol. The van der Waals surface area contributed by atoms with E-state index >= 15 is 0 Å². The topological polar surface area (TPSA) is 57.4 Å². The highest BCUT2D eigenvalue weighted by atomic mass is 14.9. The third kappa shape index (κ3) is 3.03. The molecule has 38 heavy (non-hydrogen) atoms. The molecule has 0 unspecified atom stereocenters. The third-order valence-corrected chi connectivity index (χ3v) is 8.28. The normalized spacial score (nSPS) is 13.2. The quantitative estimate of drug-likeness (QED) is 0.237. The maximum Gasteiger partial charge on any atom is 0.109 e. The number of benzene rings is 5. The average Bonchev–Trinajstić information content (AvgIpc) is 3.56. The summed E-state index contributed by atoms with van der Waals surface area (Å²) in [5.41, 5.74) is 12.4. The van der Waals surface area contributed by atoms with Crippen LogP contribution < -0.4 is 0 Å². The zero-order valence-electron chi connectivity index (χ0n) is 21.8. The zero-order valence-corrected chi connectivity index (χ0v) is 21.8. The van der Waals surface area contributed by atoms with Crippen molar-refractivity contribution in [1.82, 2.24) is 19.9 Å². The molecule has 4 heteroatoms. The van der Waals surface area contributed by atoms with Crippen LogP contribution in [0.3, 0.4) is 0 Å². The minimum atomic E-state index is 0.393. The lowest BCUT2D eigenvalue weighted by molar-refractivity contribution is 0.798. The smallest absolute Gasteiger partial charge is 0.109 e. The van der Waals surface area contributed by atoms with Crippen LogP contribution in [0.4, 0.5) is 0 Å². The maximum atomic E-state index is 4.98. The second-order valence-corrected chi connectivity index (χ2v) is 11.0. The van der Waals surface area contributed by atoms with Gasteiger partial charge >= 0.3 is 0 Å². The Labute approximate surface area is 220 Å². The van der Waals surface area contributed by atoms with Gasteiger partial charge in [-0.1, -0.05) is 74.5 Å². The number of imidazole rings is 2. The molecule has 0 spiro atoms. The molecule has 0 saturated heterocycles. The van der Waals surface area contributed by atoms with Crippen LogP contribution in [-0.4, -0.2) is 19.9 Å². The Morgan fingerprint density at radius 2 is 1.47 bits per heavy atom. The SMILES string of the molecule is Cc1nc2c3ccccc3c3cc(-c4ccc5c(c4)CCc4c-5ccc5[nH]c(C(C)C)nc45)ccc3c2[nH]1. The number of nitrogens with zero attached hydrogens (tertiary/aromatic N) is 2. The van der Waals surface area contributed by atoms with Crippen LogP contribution in [-0.2, 0) is 12.8 Å². The number of aromatic nitrogens is 4. The van der Waals surface area contributed by atoms with E-state index in [4.69, 9.17) is 9.97 Å². The summed E-state index contributed by atoms with van der Waals surface area (Å²) in [5.74, 6) is 2.41. The first kappa shape index (κ1) is 21.6. The van der Waals surface area contributed by atoms with Crippen LogP contribution in [0, 0.1) is 6.92 Å². The van der Waals surface area contributed by atoms with Crippen molar-refractivity contribution in [2.75, 3.05) is 0 Å². The summed E-state index contributed by atoms with van der Waals surface area (Å²) in [6, 6.07) is 27.0. The molecular formula is C34H28N4. The van der Waals surface area contributed by atoms with E-state index in [9.17, 15) is 0 Å². The summed E-state index contributed by atoms with van der Waals surface area (Å²) in [7, 11) is 0. The van der Waals surface area contributed by atoms with Gasteiger partial charge in [0.15, 0.2) is 0 Å². The van der Waals surface area contributed by atoms with Crippen molar-refractivity contribution < 1.29 is 0 Å². The van der Waals surface area contributed by atoms with Crippen LogP contribution in [0.1, 0.15) is 42.5 Å². The number of rotatable bonds is 2. The summed E-state index contributed by atoms with van der Waals surface area (Å²) < 4.78 is 0. The van der Waals surface area contributed by atoms with Crippen LogP contribution in [0.5, 0.6) is 0 Å². The lowest BCUT2D eigenvalue weighted by Crippen LogP contribution is -2.05. The van der Waals surface area contributed by atoms with Gasteiger partial charge in [-0.3, -0.25) is 0 Å². The highest BCUT2D eigenvalue weighted by molar-refractivity contribution is 6.23. The van der Waals surface area contributed by atoms with Crippen LogP contribution >= 0.6 is 0 Å². The van der Waals surface area contributed by atoms with Gasteiger partial charge in [0.25, 0.3) is 0 Å². The Bertz CT molecular complexity index is 2070. The first-order chi connectivity index (χ1) is 18.5. The van der Waals surface area contributed by atoms with Crippen molar-refractivity contribution in [2.24, 2.45) is 0 Å². The van der Waals surface area contributed by atoms with Gasteiger partial charge in [-0.15, -0.1) is 0 Å². The van der Waals surface area contributed by atoms with E-state index in [0.717, 1.165) is 46.6 Å². The summed E-state index contributed by atoms with van der Waals surface area (Å²) in [6.45, 7) is 6.41. The highest BCUT2D eigenvalue weighted by Gasteiger charge is 2.21. The average molecular weight is 493 g/mol. The minimum absolute atomic E-state index is 0.393. The molecular weight excluding hydrogens is 464 g/mol. The van der Waals surface area contributed by atoms with Crippen LogP contribution in [0.2, 0.25) is 0 Å². The van der Waals surface area contributed by atoms with Gasteiger partial charge in [-0.2, -0.15) is 0 Å². The number of hydrogen-bond acceptors (Lipinski definition) is 2. The molecule has 5 aromatic carbocycles. The van der Waals surface area contributed by atoms with Gasteiger partial charge in [0, 0.05) is 16.7 Å². The maximum absolute atomic E-state index is 4.98. The lowest BCUT2D eigenvalue weighted by Gasteiger charge is -2.21. The number of aromatic amines is 2. The molecule has 0 atom stereocenters. The zero-order chi connectivity index (χ0) is 25.5. The molecule has 2 heterocycles. The van der Waals surface area contributed by atoms with E-state index in [-0.39, 0.29) is 0 Å². The summed E-state index contributed by atoms with van der Waals surface area (Å²) >= 11 is 0. The fraction of sp³-hybridized carbons (Fsp3) is 0.176. The summed E-state index contributed by atoms with van der Waals surface area (Å²) in [6.07, 6.45) is 2.05. The van der Waals surface area contributed by atoms with Crippen molar-refractivity contribution in [3.05, 3.63) is 95.6 Å². The van der Waals surface area contributed by atoms with Gasteiger partial charge < -0.3 is 9.97 Å². The molecule has 8 rings (SSSR count). The molecule has 4 nitrogen and oxygen atoms in total. The third-order valence-electron chi connectivity index (χ3n) is 8.28. The van der Waals surface area contributed by atoms with E-state index < -0.39 is 0 Å². The van der Waals surface area contributed by atoms with E-state index in [0.29, 0.717) is 5.92 Å². The molecule has 2 aromatic heterocycles. The van der Waals surface area contributed by atoms with Crippen molar-refractivity contribution >= 4 is 43.6 Å². The molecule has 1 aliphatic rings. The lowest BCUT2D eigenvalue weighted by atomic mass is 9.83. The number of H-pyrrole nitrogens is 2. The fourth-order valence-electron chi connectivity index (χ4n) is 6.40. The summed E-state index contributed by atoms with van der Waals surface area (Å²) in [4.78, 5) is 16.8. The number of nitrogens with one attached hydrogen (secondary N) is 2. The predicted octanol–water partition coefficient (Wildman–Crippen LogP) is 8.61. The predicted molar refractivity (Wildman–Crippen MR) is 158 cm³/mol. The molecule has 0 aliphatic heterocycles. The van der Waals surface area contributed by atoms with Gasteiger partial charge in [0.05, 0.1) is 22.1 Å². The van der Waals surface area contributed by atoms with Crippen LogP contribution in [0.25, 0.3) is 65.9 Å². The van der Waals surface area contributed by atoms with Gasteiger partial charge in [0.1, 0.15) is 11.6 Å². The second-order valence-electron chi connectivity index (χ2n) is 11.0. The van der Waals surface area contributed by atoms with E-state index in [1.54, 1.807) is 0 Å². The van der Waals surface area contributed by atoms with Crippen molar-refractivity contribution in [3.8, 4) is 22.3 Å². The minimum Gasteiger partial charge on any atom is -0.342 e. The number of hydrogen-bond donors (Lipinski definition) is 2. The highest BCUT2D eigenvalue weighted by Crippen LogP contribution is 2.40. The number of aryl methyl sites for hydroxylation is 3. The molecule has 184 valence electrons. The Morgan fingerprint density at radius 1 is 0.684 bits per heavy atom. The fourth-order valence-corrected chi connectivity index (χ4v) is 6.40. The van der Waals surface area contributed by atoms with Gasteiger partial charge in [-0.25, -0.2) is 9.97 Å². The van der Waals surface area contributed by atoms with E-state index in [2.05, 4.69) is 96.6 Å². The van der Waals surface area contributed by atoms with Crippen molar-refractivity contribution in [2.45, 2.75) is 39.5 Å². The first-order valence-electron chi connectivity index (χ1n) is 13.5. The summed E-state index contributed by atoms with van der Waals surface area (Å²) in [5, 5.41) is 4.93. The largest absolute Gasteiger partial charge is 0.342 e. The first-order valence-corrected chi connectivity index (χ1v) is 13.5. The van der Waals surface area contributed by atoms with Gasteiger partial charge in [-0.05, 0) is 76.1 Å². The van der Waals surface area contributed by atoms with Gasteiger partial charge in [0.2, 0.25) is 0 Å². The molecule has 1 aliphatic carbocycles. The van der Waals surface area contributed by atoms with E-state index in [1.165, 1.54) is 54.9 Å². The number of fused-ring (bicyclic) bond motifs is 11. The van der Waals surface area contributed by atoms with E-state index in [1.807, 2.05) is 6.92 Å².